The summed E-state index contributed by atoms with van der Waals surface area (Å²) in [5.41, 5.74) is 0.849. The molecule has 0 aromatic heterocycles. The monoisotopic (exact) mass is 248 g/mol. The van der Waals surface area contributed by atoms with Gasteiger partial charge in [0.1, 0.15) is 23.1 Å². The minimum absolute atomic E-state index is 0.204. The first kappa shape index (κ1) is 12.6. The predicted molar refractivity (Wildman–Crippen MR) is 67.0 cm³/mol. The average molecular weight is 248 g/mol. The lowest BCUT2D eigenvalue weighted by Crippen LogP contribution is -1.92. The zero-order valence-electron chi connectivity index (χ0n) is 10.3. The number of hydrogen-bond acceptors (Lipinski definition) is 1. The second kappa shape index (κ2) is 5.17. The van der Waals surface area contributed by atoms with E-state index in [0.29, 0.717) is 11.5 Å². The molecule has 0 spiro atoms. The van der Waals surface area contributed by atoms with Gasteiger partial charge in [0.2, 0.25) is 0 Å². The molecule has 2 rings (SSSR count). The molecular weight excluding hydrogens is 234 g/mol. The van der Waals surface area contributed by atoms with Crippen LogP contribution in [-0.4, -0.2) is 0 Å². The number of halogens is 2. The van der Waals surface area contributed by atoms with E-state index >= 15 is 0 Å². The summed E-state index contributed by atoms with van der Waals surface area (Å²) < 4.78 is 31.9. The molecule has 0 amide bonds. The Morgan fingerprint density at radius 2 is 1.61 bits per heavy atom. The molecule has 0 saturated heterocycles. The molecule has 1 nitrogen and oxygen atoms in total. The topological polar surface area (TPSA) is 9.23 Å². The highest BCUT2D eigenvalue weighted by molar-refractivity contribution is 5.35. The Hall–Kier alpha value is -1.90. The van der Waals surface area contributed by atoms with Crippen molar-refractivity contribution in [3.63, 3.8) is 0 Å². The summed E-state index contributed by atoms with van der Waals surface area (Å²) in [7, 11) is 0. The molecule has 2 aromatic carbocycles. The lowest BCUT2D eigenvalue weighted by molar-refractivity contribution is 0.470. The van der Waals surface area contributed by atoms with Crippen molar-refractivity contribution in [2.24, 2.45) is 0 Å². The summed E-state index contributed by atoms with van der Waals surface area (Å²) in [6.45, 7) is 3.95. The summed E-state index contributed by atoms with van der Waals surface area (Å²) in [4.78, 5) is 0. The molecule has 94 valence electrons. The Bertz CT molecular complexity index is 550. The van der Waals surface area contributed by atoms with Crippen LogP contribution in [0.1, 0.15) is 25.3 Å². The molecule has 0 aliphatic heterocycles. The van der Waals surface area contributed by atoms with Crippen molar-refractivity contribution in [1.82, 2.24) is 0 Å². The zero-order valence-corrected chi connectivity index (χ0v) is 10.3. The molecule has 0 atom stereocenters. The van der Waals surface area contributed by atoms with E-state index in [-0.39, 0.29) is 17.6 Å². The second-order valence-electron chi connectivity index (χ2n) is 4.43. The van der Waals surface area contributed by atoms with E-state index in [2.05, 4.69) is 0 Å². The van der Waals surface area contributed by atoms with Crippen molar-refractivity contribution in [2.45, 2.75) is 19.8 Å². The minimum Gasteiger partial charge on any atom is -0.457 e. The molecule has 0 bridgehead atoms. The van der Waals surface area contributed by atoms with E-state index < -0.39 is 0 Å². The lowest BCUT2D eigenvalue weighted by Gasteiger charge is -2.10. The Labute approximate surface area is 105 Å². The molecule has 0 unspecified atom stereocenters. The Balaban J connectivity index is 2.29. The third-order valence-electron chi connectivity index (χ3n) is 2.59. The van der Waals surface area contributed by atoms with Crippen molar-refractivity contribution in [3.05, 3.63) is 59.7 Å². The standard InChI is InChI=1S/C15H14F2O/c1-10(2)11-6-13(17)9-15(7-11)18-14-5-3-4-12(16)8-14/h3-10H,1-2H3. The van der Waals surface area contributed by atoms with Gasteiger partial charge in [-0.2, -0.15) is 0 Å². The molecule has 2 aromatic rings. The molecule has 0 aliphatic carbocycles. The van der Waals surface area contributed by atoms with Crippen molar-refractivity contribution in [3.8, 4) is 11.5 Å². The van der Waals surface area contributed by atoms with Crippen LogP contribution in [0.4, 0.5) is 8.78 Å². The van der Waals surface area contributed by atoms with Gasteiger partial charge in [-0.3, -0.25) is 0 Å². The quantitative estimate of drug-likeness (QED) is 0.752. The fourth-order valence-electron chi connectivity index (χ4n) is 1.64. The summed E-state index contributed by atoms with van der Waals surface area (Å²) >= 11 is 0. The normalized spacial score (nSPS) is 10.7. The molecule has 0 saturated carbocycles. The van der Waals surface area contributed by atoms with Gasteiger partial charge in [0.15, 0.2) is 0 Å². The van der Waals surface area contributed by atoms with Crippen molar-refractivity contribution in [1.29, 1.82) is 0 Å². The number of benzene rings is 2. The Morgan fingerprint density at radius 3 is 2.28 bits per heavy atom. The smallest absolute Gasteiger partial charge is 0.130 e. The molecular formula is C15H14F2O. The van der Waals surface area contributed by atoms with E-state index in [1.54, 1.807) is 18.2 Å². The van der Waals surface area contributed by atoms with Crippen LogP contribution in [-0.2, 0) is 0 Å². The maximum Gasteiger partial charge on any atom is 0.130 e. The van der Waals surface area contributed by atoms with E-state index in [9.17, 15) is 8.78 Å². The highest BCUT2D eigenvalue weighted by Gasteiger charge is 2.06. The molecule has 0 N–H and O–H groups in total. The van der Waals surface area contributed by atoms with Crippen LogP contribution in [0.2, 0.25) is 0 Å². The van der Waals surface area contributed by atoms with Gasteiger partial charge in [0.25, 0.3) is 0 Å². The highest BCUT2D eigenvalue weighted by atomic mass is 19.1. The molecule has 0 radical (unpaired) electrons. The van der Waals surface area contributed by atoms with Crippen LogP contribution in [0.15, 0.2) is 42.5 Å². The maximum atomic E-state index is 13.4. The lowest BCUT2D eigenvalue weighted by atomic mass is 10.0. The first-order valence-corrected chi connectivity index (χ1v) is 5.78. The fourth-order valence-corrected chi connectivity index (χ4v) is 1.64. The maximum absolute atomic E-state index is 13.4. The zero-order chi connectivity index (χ0) is 13.1. The summed E-state index contributed by atoms with van der Waals surface area (Å²) in [5.74, 6) is 0.204. The van der Waals surface area contributed by atoms with Crippen LogP contribution in [0.5, 0.6) is 11.5 Å². The van der Waals surface area contributed by atoms with Crippen molar-refractivity contribution in [2.75, 3.05) is 0 Å². The Kier molecular flexibility index (Phi) is 3.60. The van der Waals surface area contributed by atoms with Gasteiger partial charge < -0.3 is 4.74 Å². The van der Waals surface area contributed by atoms with E-state index in [4.69, 9.17) is 4.74 Å². The van der Waals surface area contributed by atoms with Gasteiger partial charge in [-0.25, -0.2) is 8.78 Å². The molecule has 0 aliphatic rings. The van der Waals surface area contributed by atoms with Gasteiger partial charge in [-0.05, 0) is 35.7 Å². The number of ether oxygens (including phenoxy) is 1. The first-order valence-electron chi connectivity index (χ1n) is 5.78. The van der Waals surface area contributed by atoms with Crippen LogP contribution in [0.25, 0.3) is 0 Å². The van der Waals surface area contributed by atoms with Crippen molar-refractivity contribution >= 4 is 0 Å². The average Bonchev–Trinajstić information content (AvgIpc) is 2.28. The number of hydrogen-bond donors (Lipinski definition) is 0. The number of rotatable bonds is 3. The van der Waals surface area contributed by atoms with Crippen LogP contribution in [0, 0.1) is 11.6 Å². The van der Waals surface area contributed by atoms with Gasteiger partial charge in [-0.1, -0.05) is 19.9 Å². The summed E-state index contributed by atoms with van der Waals surface area (Å²) in [6, 6.07) is 10.3. The van der Waals surface area contributed by atoms with E-state index in [0.717, 1.165) is 5.56 Å². The van der Waals surface area contributed by atoms with Gasteiger partial charge in [0, 0.05) is 12.1 Å². The fraction of sp³-hybridized carbons (Fsp3) is 0.200. The van der Waals surface area contributed by atoms with Gasteiger partial charge >= 0.3 is 0 Å². The Morgan fingerprint density at radius 1 is 0.889 bits per heavy atom. The largest absolute Gasteiger partial charge is 0.457 e. The van der Waals surface area contributed by atoms with Crippen LogP contribution in [0.3, 0.4) is 0 Å². The van der Waals surface area contributed by atoms with Gasteiger partial charge in [0.05, 0.1) is 0 Å². The summed E-state index contributed by atoms with van der Waals surface area (Å²) in [6.07, 6.45) is 0. The third kappa shape index (κ3) is 3.06. The van der Waals surface area contributed by atoms with Crippen molar-refractivity contribution < 1.29 is 13.5 Å². The third-order valence-corrected chi connectivity index (χ3v) is 2.59. The second-order valence-corrected chi connectivity index (χ2v) is 4.43. The molecule has 0 heterocycles. The first-order chi connectivity index (χ1) is 8.54. The summed E-state index contributed by atoms with van der Waals surface area (Å²) in [5, 5.41) is 0. The van der Waals surface area contributed by atoms with Crippen LogP contribution < -0.4 is 4.74 Å². The van der Waals surface area contributed by atoms with E-state index in [1.807, 2.05) is 13.8 Å². The predicted octanol–water partition coefficient (Wildman–Crippen LogP) is 4.88. The SMILES string of the molecule is CC(C)c1cc(F)cc(Oc2cccc(F)c2)c1. The highest BCUT2D eigenvalue weighted by Crippen LogP contribution is 2.26. The minimum atomic E-state index is -0.381. The van der Waals surface area contributed by atoms with E-state index in [1.165, 1.54) is 24.3 Å². The molecule has 18 heavy (non-hydrogen) atoms. The molecule has 3 heteroatoms. The van der Waals surface area contributed by atoms with Crippen LogP contribution >= 0.6 is 0 Å². The van der Waals surface area contributed by atoms with Gasteiger partial charge in [-0.15, -0.1) is 0 Å². The molecule has 0 fully saturated rings.